The van der Waals surface area contributed by atoms with Gasteiger partial charge in [0, 0.05) is 12.7 Å². The Kier molecular flexibility index (Phi) is 2.42. The monoisotopic (exact) mass is 209 g/mol. The summed E-state index contributed by atoms with van der Waals surface area (Å²) in [5.74, 6) is 0. The lowest BCUT2D eigenvalue weighted by molar-refractivity contribution is 0.696. The van der Waals surface area contributed by atoms with Crippen molar-refractivity contribution < 1.29 is 0 Å². The number of aromatic nitrogens is 3. The lowest BCUT2D eigenvalue weighted by atomic mass is 10.3. The Labute approximate surface area is 87.7 Å². The van der Waals surface area contributed by atoms with E-state index in [1.165, 1.54) is 6.33 Å². The fraction of sp³-hybridized carbons (Fsp3) is 0.400. The lowest BCUT2D eigenvalue weighted by Crippen LogP contribution is -1.95. The van der Waals surface area contributed by atoms with E-state index in [0.29, 0.717) is 5.15 Å². The van der Waals surface area contributed by atoms with Crippen molar-refractivity contribution in [2.75, 3.05) is 0 Å². The van der Waals surface area contributed by atoms with Crippen LogP contribution in [0.2, 0.25) is 5.15 Å². The third-order valence-corrected chi connectivity index (χ3v) is 2.55. The molecule has 0 saturated carbocycles. The second-order valence-electron chi connectivity index (χ2n) is 3.37. The van der Waals surface area contributed by atoms with Crippen molar-refractivity contribution in [3.63, 3.8) is 0 Å². The molecule has 0 radical (unpaired) electrons. The minimum Gasteiger partial charge on any atom is -0.332 e. The fourth-order valence-corrected chi connectivity index (χ4v) is 1.96. The van der Waals surface area contributed by atoms with Gasteiger partial charge in [-0.3, -0.25) is 0 Å². The summed E-state index contributed by atoms with van der Waals surface area (Å²) in [5, 5.41) is 1.52. The summed E-state index contributed by atoms with van der Waals surface area (Å²) < 4.78 is 2.12. The first-order valence-corrected chi connectivity index (χ1v) is 5.07. The number of hydrogen-bond donors (Lipinski definition) is 0. The molecule has 4 heteroatoms. The summed E-state index contributed by atoms with van der Waals surface area (Å²) in [4.78, 5) is 8.23. The van der Waals surface area contributed by atoms with Crippen molar-refractivity contribution >= 4 is 22.6 Å². The van der Waals surface area contributed by atoms with E-state index in [9.17, 15) is 0 Å². The number of hydrogen-bond acceptors (Lipinski definition) is 2. The van der Waals surface area contributed by atoms with E-state index in [1.807, 2.05) is 6.92 Å². The standard InChI is InChI=1S/C10H12ClN3/c1-3-4-14-5-7(2)8-9(11)12-6-13-10(8)14/h5-6H,3-4H2,1-2H3. The number of halogens is 1. The Morgan fingerprint density at radius 2 is 2.21 bits per heavy atom. The first-order chi connectivity index (χ1) is 6.74. The Hall–Kier alpha value is -1.09. The molecule has 74 valence electrons. The van der Waals surface area contributed by atoms with Gasteiger partial charge in [-0.1, -0.05) is 18.5 Å². The first-order valence-electron chi connectivity index (χ1n) is 4.70. The first kappa shape index (κ1) is 9.46. The molecular weight excluding hydrogens is 198 g/mol. The summed E-state index contributed by atoms with van der Waals surface area (Å²) in [7, 11) is 0. The zero-order valence-corrected chi connectivity index (χ0v) is 9.04. The highest BCUT2D eigenvalue weighted by atomic mass is 35.5. The Bertz CT molecular complexity index is 462. The molecular formula is C10H12ClN3. The van der Waals surface area contributed by atoms with Crippen LogP contribution in [0.25, 0.3) is 11.0 Å². The van der Waals surface area contributed by atoms with E-state index < -0.39 is 0 Å². The van der Waals surface area contributed by atoms with E-state index in [1.54, 1.807) is 0 Å². The molecule has 0 unspecified atom stereocenters. The molecule has 0 saturated heterocycles. The second kappa shape index (κ2) is 3.58. The van der Waals surface area contributed by atoms with Crippen molar-refractivity contribution in [2.45, 2.75) is 26.8 Å². The molecule has 2 aromatic heterocycles. The van der Waals surface area contributed by atoms with Crippen LogP contribution in [0, 0.1) is 6.92 Å². The van der Waals surface area contributed by atoms with Gasteiger partial charge in [0.25, 0.3) is 0 Å². The summed E-state index contributed by atoms with van der Waals surface area (Å²) in [6.07, 6.45) is 4.68. The fourth-order valence-electron chi connectivity index (χ4n) is 1.68. The van der Waals surface area contributed by atoms with E-state index in [-0.39, 0.29) is 0 Å². The van der Waals surface area contributed by atoms with Crippen LogP contribution in [-0.2, 0) is 6.54 Å². The van der Waals surface area contributed by atoms with E-state index in [2.05, 4.69) is 27.7 Å². The minimum absolute atomic E-state index is 0.544. The highest BCUT2D eigenvalue weighted by molar-refractivity contribution is 6.34. The van der Waals surface area contributed by atoms with Gasteiger partial charge in [0.15, 0.2) is 0 Å². The maximum Gasteiger partial charge on any atom is 0.145 e. The van der Waals surface area contributed by atoms with Crippen molar-refractivity contribution in [1.82, 2.24) is 14.5 Å². The predicted molar refractivity (Wildman–Crippen MR) is 57.6 cm³/mol. The zero-order valence-electron chi connectivity index (χ0n) is 8.29. The van der Waals surface area contributed by atoms with Crippen LogP contribution in [0.1, 0.15) is 18.9 Å². The molecule has 0 bridgehead atoms. The Morgan fingerprint density at radius 3 is 2.93 bits per heavy atom. The van der Waals surface area contributed by atoms with Crippen molar-refractivity contribution in [2.24, 2.45) is 0 Å². The molecule has 2 rings (SSSR count). The number of nitrogens with zero attached hydrogens (tertiary/aromatic N) is 3. The quantitative estimate of drug-likeness (QED) is 0.713. The van der Waals surface area contributed by atoms with Crippen LogP contribution in [0.3, 0.4) is 0 Å². The van der Waals surface area contributed by atoms with Crippen LogP contribution >= 0.6 is 11.6 Å². The van der Waals surface area contributed by atoms with Gasteiger partial charge in [-0.2, -0.15) is 0 Å². The largest absolute Gasteiger partial charge is 0.332 e. The Morgan fingerprint density at radius 1 is 1.43 bits per heavy atom. The molecule has 2 aromatic rings. The van der Waals surface area contributed by atoms with E-state index in [4.69, 9.17) is 11.6 Å². The molecule has 14 heavy (non-hydrogen) atoms. The van der Waals surface area contributed by atoms with Gasteiger partial charge in [-0.05, 0) is 18.9 Å². The van der Waals surface area contributed by atoms with Crippen LogP contribution in [0.5, 0.6) is 0 Å². The smallest absolute Gasteiger partial charge is 0.145 e. The van der Waals surface area contributed by atoms with Crippen molar-refractivity contribution in [1.29, 1.82) is 0 Å². The summed E-state index contributed by atoms with van der Waals surface area (Å²) in [5.41, 5.74) is 2.07. The zero-order chi connectivity index (χ0) is 10.1. The SMILES string of the molecule is CCCn1cc(C)c2c(Cl)ncnc21. The van der Waals surface area contributed by atoms with Gasteiger partial charge < -0.3 is 4.57 Å². The minimum atomic E-state index is 0.544. The highest BCUT2D eigenvalue weighted by Gasteiger charge is 2.09. The van der Waals surface area contributed by atoms with Gasteiger partial charge in [-0.15, -0.1) is 0 Å². The molecule has 0 aliphatic heterocycles. The number of fused-ring (bicyclic) bond motifs is 1. The predicted octanol–water partition coefficient (Wildman–Crippen LogP) is 2.80. The molecule has 3 nitrogen and oxygen atoms in total. The topological polar surface area (TPSA) is 30.7 Å². The normalized spacial score (nSPS) is 11.1. The lowest BCUT2D eigenvalue weighted by Gasteiger charge is -2.00. The van der Waals surface area contributed by atoms with E-state index in [0.717, 1.165) is 29.6 Å². The van der Waals surface area contributed by atoms with Crippen LogP contribution in [-0.4, -0.2) is 14.5 Å². The average molecular weight is 210 g/mol. The van der Waals surface area contributed by atoms with Crippen LogP contribution in [0.15, 0.2) is 12.5 Å². The molecule has 0 aliphatic carbocycles. The van der Waals surface area contributed by atoms with Crippen LogP contribution in [0.4, 0.5) is 0 Å². The molecule has 0 spiro atoms. The molecule has 0 fully saturated rings. The maximum atomic E-state index is 6.01. The molecule has 0 aliphatic rings. The highest BCUT2D eigenvalue weighted by Crippen LogP contribution is 2.24. The molecule has 0 N–H and O–H groups in total. The van der Waals surface area contributed by atoms with Crippen molar-refractivity contribution in [3.05, 3.63) is 23.2 Å². The Balaban J connectivity index is 2.71. The summed E-state index contributed by atoms with van der Waals surface area (Å²) in [6.45, 7) is 5.14. The molecule has 0 aromatic carbocycles. The second-order valence-corrected chi connectivity index (χ2v) is 3.73. The van der Waals surface area contributed by atoms with Crippen molar-refractivity contribution in [3.8, 4) is 0 Å². The van der Waals surface area contributed by atoms with Gasteiger partial charge >= 0.3 is 0 Å². The summed E-state index contributed by atoms with van der Waals surface area (Å²) in [6, 6.07) is 0. The molecule has 0 amide bonds. The average Bonchev–Trinajstić information content (AvgIpc) is 2.46. The van der Waals surface area contributed by atoms with Gasteiger partial charge in [-0.25, -0.2) is 9.97 Å². The third-order valence-electron chi connectivity index (χ3n) is 2.26. The van der Waals surface area contributed by atoms with Gasteiger partial charge in [0.05, 0.1) is 5.39 Å². The third kappa shape index (κ3) is 1.38. The van der Waals surface area contributed by atoms with Gasteiger partial charge in [0.1, 0.15) is 17.1 Å². The van der Waals surface area contributed by atoms with E-state index >= 15 is 0 Å². The maximum absolute atomic E-state index is 6.01. The van der Waals surface area contributed by atoms with Gasteiger partial charge in [0.2, 0.25) is 0 Å². The molecule has 2 heterocycles. The number of aryl methyl sites for hydroxylation is 2. The summed E-state index contributed by atoms with van der Waals surface area (Å²) >= 11 is 6.01. The number of rotatable bonds is 2. The van der Waals surface area contributed by atoms with Crippen LogP contribution < -0.4 is 0 Å². The molecule has 0 atom stereocenters.